The molecule has 0 aliphatic carbocycles. The van der Waals surface area contributed by atoms with Crippen molar-refractivity contribution in [3.63, 3.8) is 0 Å². The lowest BCUT2D eigenvalue weighted by Gasteiger charge is -2.33. The van der Waals surface area contributed by atoms with E-state index in [-0.39, 0.29) is 28.1 Å². The predicted octanol–water partition coefficient (Wildman–Crippen LogP) is 3.68. The summed E-state index contributed by atoms with van der Waals surface area (Å²) in [7, 11) is 0. The van der Waals surface area contributed by atoms with Gasteiger partial charge in [0.2, 0.25) is 0 Å². The van der Waals surface area contributed by atoms with Gasteiger partial charge in [-0.1, -0.05) is 12.0 Å². The van der Waals surface area contributed by atoms with Crippen molar-refractivity contribution in [2.24, 2.45) is 0 Å². The fourth-order valence-electron chi connectivity index (χ4n) is 5.09. The van der Waals surface area contributed by atoms with E-state index in [0.717, 1.165) is 25.9 Å². The highest BCUT2D eigenvalue weighted by Gasteiger charge is 2.34. The lowest BCUT2D eigenvalue weighted by atomic mass is 9.96. The first kappa shape index (κ1) is 19.0. The Hall–Kier alpha value is -3.70. The Morgan fingerprint density at radius 1 is 1.16 bits per heavy atom. The Morgan fingerprint density at radius 3 is 2.69 bits per heavy atom. The molecule has 8 heteroatoms. The summed E-state index contributed by atoms with van der Waals surface area (Å²) in [5.74, 6) is 1.71. The van der Waals surface area contributed by atoms with Gasteiger partial charge < -0.3 is 15.3 Å². The minimum atomic E-state index is -0.626. The molecule has 2 atom stereocenters. The second kappa shape index (κ2) is 6.90. The van der Waals surface area contributed by atoms with E-state index >= 15 is 4.39 Å². The average Bonchev–Trinajstić information content (AvgIpc) is 3.37. The molecule has 2 aromatic heterocycles. The number of anilines is 1. The Kier molecular flexibility index (Phi) is 4.10. The van der Waals surface area contributed by atoms with Gasteiger partial charge in [0, 0.05) is 42.3 Å². The summed E-state index contributed by atoms with van der Waals surface area (Å²) < 4.78 is 30.1. The van der Waals surface area contributed by atoms with Gasteiger partial charge in [0.25, 0.3) is 0 Å². The first-order chi connectivity index (χ1) is 15.5. The van der Waals surface area contributed by atoms with Crippen LogP contribution < -0.4 is 10.2 Å². The van der Waals surface area contributed by atoms with Gasteiger partial charge >= 0.3 is 0 Å². The molecule has 32 heavy (non-hydrogen) atoms. The lowest BCUT2D eigenvalue weighted by Crippen LogP contribution is -2.51. The lowest BCUT2D eigenvalue weighted by molar-refractivity contribution is 0.464. The average molecular weight is 431 g/mol. The van der Waals surface area contributed by atoms with E-state index in [4.69, 9.17) is 6.42 Å². The Bertz CT molecular complexity index is 1430. The number of nitrogens with zero attached hydrogens (tertiary/aromatic N) is 3. The molecule has 2 fully saturated rings. The van der Waals surface area contributed by atoms with Gasteiger partial charge in [0.1, 0.15) is 22.8 Å². The number of benzene rings is 2. The van der Waals surface area contributed by atoms with Crippen LogP contribution in [0.4, 0.5) is 14.6 Å². The summed E-state index contributed by atoms with van der Waals surface area (Å²) >= 11 is 0. The molecule has 3 N–H and O–H groups in total. The molecular formula is C24H19F2N5O. The number of fused-ring (bicyclic) bond motifs is 4. The third-order valence-electron chi connectivity index (χ3n) is 6.50. The van der Waals surface area contributed by atoms with Gasteiger partial charge in [0.05, 0.1) is 10.9 Å². The molecule has 0 radical (unpaired) electrons. The zero-order valence-corrected chi connectivity index (χ0v) is 17.0. The number of rotatable bonds is 2. The number of aromatic nitrogens is 3. The third kappa shape index (κ3) is 2.75. The Labute approximate surface area is 182 Å². The number of aromatic hydroxyl groups is 1. The van der Waals surface area contributed by atoms with Crippen LogP contribution in [0, 0.1) is 24.0 Å². The minimum absolute atomic E-state index is 0.000360. The highest BCUT2D eigenvalue weighted by molar-refractivity contribution is 6.03. The molecule has 160 valence electrons. The van der Waals surface area contributed by atoms with Crippen molar-refractivity contribution < 1.29 is 13.9 Å². The van der Waals surface area contributed by atoms with Crippen LogP contribution in [-0.2, 0) is 0 Å². The molecule has 2 aliphatic heterocycles. The zero-order valence-electron chi connectivity index (χ0n) is 17.0. The van der Waals surface area contributed by atoms with E-state index in [0.29, 0.717) is 34.1 Å². The van der Waals surface area contributed by atoms with Gasteiger partial charge in [-0.15, -0.1) is 6.42 Å². The van der Waals surface area contributed by atoms with Gasteiger partial charge in [-0.05, 0) is 36.4 Å². The van der Waals surface area contributed by atoms with E-state index in [2.05, 4.69) is 31.3 Å². The fraction of sp³-hybridized carbons (Fsp3) is 0.250. The zero-order chi connectivity index (χ0) is 22.0. The summed E-state index contributed by atoms with van der Waals surface area (Å²) in [6, 6.07) is 6.36. The van der Waals surface area contributed by atoms with Gasteiger partial charge in [0.15, 0.2) is 11.6 Å². The van der Waals surface area contributed by atoms with Crippen molar-refractivity contribution >= 4 is 27.5 Å². The molecule has 0 spiro atoms. The maximum Gasteiger partial charge on any atom is 0.175 e. The highest BCUT2D eigenvalue weighted by Crippen LogP contribution is 2.38. The number of terminal acetylenes is 1. The van der Waals surface area contributed by atoms with Crippen LogP contribution in [0.25, 0.3) is 32.9 Å². The minimum Gasteiger partial charge on any atom is -0.508 e. The monoisotopic (exact) mass is 431 g/mol. The summed E-state index contributed by atoms with van der Waals surface area (Å²) in [6.45, 7) is 1.61. The predicted molar refractivity (Wildman–Crippen MR) is 119 cm³/mol. The normalized spacial score (nSPS) is 20.2. The first-order valence-electron chi connectivity index (χ1n) is 10.5. The quantitative estimate of drug-likeness (QED) is 0.422. The molecule has 4 heterocycles. The molecule has 2 bridgehead atoms. The van der Waals surface area contributed by atoms with Crippen LogP contribution in [0.3, 0.4) is 0 Å². The molecule has 2 unspecified atom stereocenters. The van der Waals surface area contributed by atoms with Gasteiger partial charge in [-0.25, -0.2) is 8.78 Å². The van der Waals surface area contributed by atoms with E-state index in [9.17, 15) is 9.50 Å². The van der Waals surface area contributed by atoms with Crippen molar-refractivity contribution in [3.05, 3.63) is 47.7 Å². The van der Waals surface area contributed by atoms with Gasteiger partial charge in [-0.3, -0.25) is 10.1 Å². The number of phenolic OH excluding ortho intramolecular Hbond substituents is 1. The molecule has 0 amide bonds. The van der Waals surface area contributed by atoms with Crippen molar-refractivity contribution in [1.82, 2.24) is 20.5 Å². The molecule has 0 saturated carbocycles. The number of piperazine rings is 1. The second-order valence-electron chi connectivity index (χ2n) is 8.46. The number of H-pyrrole nitrogens is 1. The van der Waals surface area contributed by atoms with Crippen LogP contribution in [0.1, 0.15) is 18.4 Å². The fourth-order valence-corrected chi connectivity index (χ4v) is 5.09. The van der Waals surface area contributed by atoms with E-state index in [1.807, 2.05) is 0 Å². The molecule has 4 aromatic rings. The number of hydrogen-bond donors (Lipinski definition) is 3. The highest BCUT2D eigenvalue weighted by atomic mass is 19.1. The topological polar surface area (TPSA) is 77.1 Å². The molecule has 6 nitrogen and oxygen atoms in total. The number of nitrogens with one attached hydrogen (secondary N) is 2. The maximum atomic E-state index is 15.7. The Morgan fingerprint density at radius 2 is 1.94 bits per heavy atom. The maximum absolute atomic E-state index is 15.7. The van der Waals surface area contributed by atoms with Crippen LogP contribution in [-0.4, -0.2) is 45.5 Å². The smallest absolute Gasteiger partial charge is 0.175 e. The summed E-state index contributed by atoms with van der Waals surface area (Å²) in [5, 5.41) is 22.4. The number of pyridine rings is 1. The van der Waals surface area contributed by atoms with Crippen molar-refractivity contribution in [3.8, 4) is 29.4 Å². The van der Waals surface area contributed by atoms with E-state index in [1.165, 1.54) is 24.3 Å². The van der Waals surface area contributed by atoms with Gasteiger partial charge in [-0.2, -0.15) is 5.10 Å². The largest absolute Gasteiger partial charge is 0.508 e. The molecule has 2 aliphatic rings. The van der Waals surface area contributed by atoms with Crippen LogP contribution in [0.15, 0.2) is 30.5 Å². The number of hydrogen-bond acceptors (Lipinski definition) is 5. The summed E-state index contributed by atoms with van der Waals surface area (Å²) in [5.41, 5.74) is 0.408. The van der Waals surface area contributed by atoms with Crippen molar-refractivity contribution in [1.29, 1.82) is 0 Å². The standard InChI is InChI=1S/C24H19F2N5O/c1-2-16-19(25)6-3-12-7-15(32)8-17(20(12)16)22-21(26)23-18(9-27-22)24(30-29-23)31-10-13-4-5-14(11-31)28-13/h1,3,6-9,13-14,28,32H,4-5,10-11H2,(H,29,30). The number of aromatic amines is 1. The third-order valence-corrected chi connectivity index (χ3v) is 6.50. The first-order valence-corrected chi connectivity index (χ1v) is 10.5. The van der Waals surface area contributed by atoms with Crippen molar-refractivity contribution in [2.75, 3.05) is 18.0 Å². The van der Waals surface area contributed by atoms with Crippen LogP contribution in [0.2, 0.25) is 0 Å². The summed E-state index contributed by atoms with van der Waals surface area (Å²) in [6.07, 6.45) is 9.37. The second-order valence-corrected chi connectivity index (χ2v) is 8.46. The number of halogens is 2. The molecule has 2 saturated heterocycles. The molecular weight excluding hydrogens is 412 g/mol. The Balaban J connectivity index is 1.53. The van der Waals surface area contributed by atoms with E-state index < -0.39 is 11.6 Å². The summed E-state index contributed by atoms with van der Waals surface area (Å²) in [4.78, 5) is 6.54. The van der Waals surface area contributed by atoms with Crippen LogP contribution in [0.5, 0.6) is 5.75 Å². The molecule has 6 rings (SSSR count). The van der Waals surface area contributed by atoms with Crippen molar-refractivity contribution in [2.45, 2.75) is 24.9 Å². The van der Waals surface area contributed by atoms with Crippen LogP contribution >= 0.6 is 0 Å². The SMILES string of the molecule is C#Cc1c(F)ccc2cc(O)cc(-c3ncc4c(N5CC6CCC(C5)N6)n[nH]c4c3F)c12. The van der Waals surface area contributed by atoms with E-state index in [1.54, 1.807) is 6.20 Å². The number of phenols is 1. The molecule has 2 aromatic carbocycles.